The number of hydrogen-bond donors (Lipinski definition) is 3. The summed E-state index contributed by atoms with van der Waals surface area (Å²) in [6.45, 7) is 2.77. The topological polar surface area (TPSA) is 103 Å². The Labute approximate surface area is 110 Å². The molecule has 0 aliphatic carbocycles. The molecule has 0 aliphatic rings. The van der Waals surface area contributed by atoms with Gasteiger partial charge in [-0.25, -0.2) is 9.59 Å². The van der Waals surface area contributed by atoms with Gasteiger partial charge in [0.05, 0.1) is 17.4 Å². The van der Waals surface area contributed by atoms with E-state index in [1.807, 2.05) is 6.92 Å². The summed E-state index contributed by atoms with van der Waals surface area (Å²) in [6.07, 6.45) is 3.08. The van der Waals surface area contributed by atoms with Crippen LogP contribution in [0, 0.1) is 0 Å². The molecule has 0 aliphatic heterocycles. The Kier molecular flexibility index (Phi) is 5.74. The van der Waals surface area contributed by atoms with Crippen LogP contribution in [0.4, 0.5) is 10.5 Å². The predicted molar refractivity (Wildman–Crippen MR) is 69.2 cm³/mol. The van der Waals surface area contributed by atoms with Crippen LogP contribution in [0.15, 0.2) is 18.5 Å². The van der Waals surface area contributed by atoms with Crippen molar-refractivity contribution < 1.29 is 19.8 Å². The molecule has 7 nitrogen and oxygen atoms in total. The Hall–Kier alpha value is -2.15. The molecule has 0 bridgehead atoms. The van der Waals surface area contributed by atoms with E-state index in [1.165, 1.54) is 23.4 Å². The smallest absolute Gasteiger partial charge is 0.337 e. The summed E-state index contributed by atoms with van der Waals surface area (Å²) in [5.74, 6) is -1.10. The second kappa shape index (κ2) is 7.32. The van der Waals surface area contributed by atoms with Crippen molar-refractivity contribution in [1.82, 2.24) is 9.88 Å². The Morgan fingerprint density at radius 3 is 2.74 bits per heavy atom. The Bertz CT molecular complexity index is 450. The second-order valence-electron chi connectivity index (χ2n) is 3.85. The fourth-order valence-electron chi connectivity index (χ4n) is 1.49. The van der Waals surface area contributed by atoms with Crippen LogP contribution in [0.1, 0.15) is 23.7 Å². The lowest BCUT2D eigenvalue weighted by Gasteiger charge is -2.20. The first-order valence-corrected chi connectivity index (χ1v) is 5.93. The molecule has 0 saturated heterocycles. The number of aliphatic hydroxyl groups excluding tert-OH is 1. The molecule has 0 saturated carbocycles. The van der Waals surface area contributed by atoms with Gasteiger partial charge < -0.3 is 20.4 Å². The number of anilines is 1. The third kappa shape index (κ3) is 4.55. The first-order valence-electron chi connectivity index (χ1n) is 5.93. The van der Waals surface area contributed by atoms with Gasteiger partial charge in [0.15, 0.2) is 0 Å². The second-order valence-corrected chi connectivity index (χ2v) is 3.85. The average Bonchev–Trinajstić information content (AvgIpc) is 2.40. The van der Waals surface area contributed by atoms with Gasteiger partial charge in [-0.05, 0) is 19.4 Å². The number of aliphatic hydroxyl groups is 1. The predicted octanol–water partition coefficient (Wildman–Crippen LogP) is 1.02. The molecular weight excluding hydrogens is 250 g/mol. The van der Waals surface area contributed by atoms with Gasteiger partial charge in [-0.3, -0.25) is 4.98 Å². The number of hydrogen-bond acceptors (Lipinski definition) is 4. The number of carboxylic acids is 1. The maximum Gasteiger partial charge on any atom is 0.337 e. The molecule has 7 heteroatoms. The summed E-state index contributed by atoms with van der Waals surface area (Å²) in [5.41, 5.74) is 0.337. The summed E-state index contributed by atoms with van der Waals surface area (Å²) in [4.78, 5) is 27.9. The van der Waals surface area contributed by atoms with Crippen molar-refractivity contribution >= 4 is 17.7 Å². The highest BCUT2D eigenvalue weighted by Gasteiger charge is 2.12. The summed E-state index contributed by atoms with van der Waals surface area (Å²) < 4.78 is 0. The third-order valence-electron chi connectivity index (χ3n) is 2.49. The van der Waals surface area contributed by atoms with E-state index in [4.69, 9.17) is 10.2 Å². The van der Waals surface area contributed by atoms with E-state index in [9.17, 15) is 9.59 Å². The number of aromatic carboxylic acids is 1. The zero-order valence-corrected chi connectivity index (χ0v) is 10.7. The van der Waals surface area contributed by atoms with Crippen LogP contribution in [-0.4, -0.2) is 51.8 Å². The minimum atomic E-state index is -1.10. The number of carboxylic acid groups (broad SMARTS) is 1. The van der Waals surface area contributed by atoms with E-state index in [2.05, 4.69) is 10.3 Å². The van der Waals surface area contributed by atoms with Crippen LogP contribution in [0.5, 0.6) is 0 Å². The zero-order chi connectivity index (χ0) is 14.3. The van der Waals surface area contributed by atoms with Crippen molar-refractivity contribution in [3.63, 3.8) is 0 Å². The van der Waals surface area contributed by atoms with Crippen LogP contribution in [-0.2, 0) is 0 Å². The van der Waals surface area contributed by atoms with Crippen molar-refractivity contribution in [3.8, 4) is 0 Å². The molecule has 1 rings (SSSR count). The highest BCUT2D eigenvalue weighted by molar-refractivity contribution is 5.92. The van der Waals surface area contributed by atoms with E-state index in [1.54, 1.807) is 0 Å². The van der Waals surface area contributed by atoms with Crippen molar-refractivity contribution in [2.24, 2.45) is 0 Å². The van der Waals surface area contributed by atoms with Gasteiger partial charge in [-0.1, -0.05) is 0 Å². The average molecular weight is 267 g/mol. The van der Waals surface area contributed by atoms with Crippen molar-refractivity contribution in [2.45, 2.75) is 13.3 Å². The molecule has 0 fully saturated rings. The third-order valence-corrected chi connectivity index (χ3v) is 2.49. The maximum absolute atomic E-state index is 11.9. The van der Waals surface area contributed by atoms with Crippen LogP contribution < -0.4 is 5.32 Å². The minimum absolute atomic E-state index is 0.0104. The van der Waals surface area contributed by atoms with Crippen molar-refractivity contribution in [3.05, 3.63) is 24.0 Å². The normalized spacial score (nSPS) is 10.0. The summed E-state index contributed by atoms with van der Waals surface area (Å²) in [7, 11) is 0. The summed E-state index contributed by atoms with van der Waals surface area (Å²) in [6, 6.07) is 0.993. The molecular formula is C12H17N3O4. The van der Waals surface area contributed by atoms with Gasteiger partial charge in [0.25, 0.3) is 0 Å². The largest absolute Gasteiger partial charge is 0.478 e. The molecule has 1 aromatic rings. The number of nitrogens with zero attached hydrogens (tertiary/aromatic N) is 2. The van der Waals surface area contributed by atoms with Gasteiger partial charge in [0, 0.05) is 25.9 Å². The van der Waals surface area contributed by atoms with Gasteiger partial charge in [-0.15, -0.1) is 0 Å². The monoisotopic (exact) mass is 267 g/mol. The molecule has 3 N–H and O–H groups in total. The van der Waals surface area contributed by atoms with Gasteiger partial charge in [0.1, 0.15) is 0 Å². The maximum atomic E-state index is 11.9. The van der Waals surface area contributed by atoms with Crippen LogP contribution in [0.3, 0.4) is 0 Å². The first-order chi connectivity index (χ1) is 9.08. The zero-order valence-electron chi connectivity index (χ0n) is 10.7. The quantitative estimate of drug-likeness (QED) is 0.714. The Balaban J connectivity index is 2.69. The van der Waals surface area contributed by atoms with E-state index < -0.39 is 5.97 Å². The number of pyridine rings is 1. The van der Waals surface area contributed by atoms with Crippen LogP contribution >= 0.6 is 0 Å². The molecule has 0 spiro atoms. The number of rotatable bonds is 6. The lowest BCUT2D eigenvalue weighted by atomic mass is 10.2. The SMILES string of the molecule is CCN(CCCO)C(=O)Nc1cncc(C(=O)O)c1. The molecule has 0 atom stereocenters. The molecule has 19 heavy (non-hydrogen) atoms. The van der Waals surface area contributed by atoms with Gasteiger partial charge >= 0.3 is 12.0 Å². The van der Waals surface area contributed by atoms with Gasteiger partial charge in [0.2, 0.25) is 0 Å². The minimum Gasteiger partial charge on any atom is -0.478 e. The number of nitrogens with one attached hydrogen (secondary N) is 1. The van der Waals surface area contributed by atoms with Crippen LogP contribution in [0.2, 0.25) is 0 Å². The highest BCUT2D eigenvalue weighted by atomic mass is 16.4. The molecule has 104 valence electrons. The highest BCUT2D eigenvalue weighted by Crippen LogP contribution is 2.09. The number of carbonyl (C=O) groups is 2. The van der Waals surface area contributed by atoms with E-state index in [-0.39, 0.29) is 18.2 Å². The number of urea groups is 1. The molecule has 0 unspecified atom stereocenters. The molecule has 0 aromatic carbocycles. The fraction of sp³-hybridized carbons (Fsp3) is 0.417. The van der Waals surface area contributed by atoms with E-state index in [0.717, 1.165) is 0 Å². The van der Waals surface area contributed by atoms with Crippen molar-refractivity contribution in [2.75, 3.05) is 25.0 Å². The molecule has 0 radical (unpaired) electrons. The van der Waals surface area contributed by atoms with E-state index in [0.29, 0.717) is 25.2 Å². The van der Waals surface area contributed by atoms with E-state index >= 15 is 0 Å². The number of aromatic nitrogens is 1. The lowest BCUT2D eigenvalue weighted by molar-refractivity contribution is 0.0696. The Morgan fingerprint density at radius 2 is 2.16 bits per heavy atom. The van der Waals surface area contributed by atoms with Gasteiger partial charge in [-0.2, -0.15) is 0 Å². The van der Waals surface area contributed by atoms with Crippen molar-refractivity contribution in [1.29, 1.82) is 0 Å². The fourth-order valence-corrected chi connectivity index (χ4v) is 1.49. The first kappa shape index (κ1) is 14.9. The summed E-state index contributed by atoms with van der Waals surface area (Å²) >= 11 is 0. The number of amides is 2. The summed E-state index contributed by atoms with van der Waals surface area (Å²) in [5, 5.41) is 20.1. The lowest BCUT2D eigenvalue weighted by Crippen LogP contribution is -2.35. The van der Waals surface area contributed by atoms with Crippen LogP contribution in [0.25, 0.3) is 0 Å². The number of carbonyl (C=O) groups excluding carboxylic acids is 1. The Morgan fingerprint density at radius 1 is 1.42 bits per heavy atom. The molecule has 2 amide bonds. The molecule has 1 aromatic heterocycles. The standard InChI is InChI=1S/C12H17N3O4/c1-2-15(4-3-5-16)12(19)14-10-6-9(11(17)18)7-13-8-10/h6-8,16H,2-5H2,1H3,(H,14,19)(H,17,18). The molecule has 1 heterocycles.